The molecule has 0 spiro atoms. The zero-order chi connectivity index (χ0) is 22.1. The van der Waals surface area contributed by atoms with Crippen molar-refractivity contribution in [2.45, 2.75) is 13.0 Å². The van der Waals surface area contributed by atoms with Crippen LogP contribution in [0.4, 0.5) is 5.95 Å². The van der Waals surface area contributed by atoms with Crippen molar-refractivity contribution in [3.63, 3.8) is 0 Å². The number of carbonyl (C=O) groups is 1. The maximum atomic E-state index is 13.4. The second-order valence-electron chi connectivity index (χ2n) is 7.35. The van der Waals surface area contributed by atoms with Crippen molar-refractivity contribution < 1.29 is 14.3 Å². The number of hydrogen-bond acceptors (Lipinski definition) is 6. The SMILES string of the molecule is CCOC(=O)C1=C(c2ccc(OC)cc2)Nc2nc3ccccc3n2C1c1cccnc1. The minimum Gasteiger partial charge on any atom is -0.497 e. The summed E-state index contributed by atoms with van der Waals surface area (Å²) in [7, 11) is 1.62. The van der Waals surface area contributed by atoms with Gasteiger partial charge < -0.3 is 14.8 Å². The molecule has 2 aromatic carbocycles. The molecular weight excluding hydrogens is 404 g/mol. The molecular formula is C25H22N4O3. The van der Waals surface area contributed by atoms with Crippen LogP contribution in [-0.2, 0) is 9.53 Å². The zero-order valence-electron chi connectivity index (χ0n) is 17.8. The van der Waals surface area contributed by atoms with Gasteiger partial charge in [-0.25, -0.2) is 9.78 Å². The van der Waals surface area contributed by atoms with Crippen molar-refractivity contribution in [2.24, 2.45) is 0 Å². The lowest BCUT2D eigenvalue weighted by molar-refractivity contribution is -0.138. The van der Waals surface area contributed by atoms with E-state index in [0.29, 0.717) is 17.2 Å². The van der Waals surface area contributed by atoms with E-state index >= 15 is 0 Å². The highest BCUT2D eigenvalue weighted by Crippen LogP contribution is 2.42. The van der Waals surface area contributed by atoms with Crippen molar-refractivity contribution in [2.75, 3.05) is 19.0 Å². The van der Waals surface area contributed by atoms with E-state index in [0.717, 1.165) is 27.9 Å². The third kappa shape index (κ3) is 3.28. The number of methoxy groups -OCH3 is 1. The van der Waals surface area contributed by atoms with Crippen LogP contribution < -0.4 is 10.1 Å². The summed E-state index contributed by atoms with van der Waals surface area (Å²) in [6.45, 7) is 2.08. The Balaban J connectivity index is 1.80. The first-order valence-corrected chi connectivity index (χ1v) is 10.4. The standard InChI is InChI=1S/C25H22N4O3/c1-3-32-24(30)21-22(16-10-12-18(31-2)13-11-16)28-25-27-19-8-4-5-9-20(19)29(25)23(21)17-7-6-14-26-15-17/h4-15,23H,3H2,1-2H3,(H,27,28). The van der Waals surface area contributed by atoms with Gasteiger partial charge in [0.15, 0.2) is 0 Å². The Morgan fingerprint density at radius 1 is 1.09 bits per heavy atom. The monoisotopic (exact) mass is 426 g/mol. The normalized spacial score (nSPS) is 15.2. The van der Waals surface area contributed by atoms with Crippen LogP contribution in [0.15, 0.2) is 78.6 Å². The van der Waals surface area contributed by atoms with Crippen LogP contribution in [-0.4, -0.2) is 34.2 Å². The van der Waals surface area contributed by atoms with Crippen LogP contribution in [0.25, 0.3) is 16.7 Å². The number of hydrogen-bond donors (Lipinski definition) is 1. The number of pyridine rings is 1. The van der Waals surface area contributed by atoms with Gasteiger partial charge >= 0.3 is 5.97 Å². The number of carbonyl (C=O) groups excluding carboxylic acids is 1. The van der Waals surface area contributed by atoms with E-state index in [4.69, 9.17) is 14.5 Å². The molecule has 1 atom stereocenters. The lowest BCUT2D eigenvalue weighted by atomic mass is 9.93. The maximum absolute atomic E-state index is 13.4. The average Bonchev–Trinajstić information content (AvgIpc) is 3.22. The third-order valence-corrected chi connectivity index (χ3v) is 5.51. The van der Waals surface area contributed by atoms with Gasteiger partial charge in [0.2, 0.25) is 5.95 Å². The molecule has 2 aromatic heterocycles. The van der Waals surface area contributed by atoms with Crippen LogP contribution in [0.3, 0.4) is 0 Å². The van der Waals surface area contributed by atoms with Crippen LogP contribution in [0.1, 0.15) is 24.1 Å². The fourth-order valence-electron chi connectivity index (χ4n) is 4.10. The predicted octanol–water partition coefficient (Wildman–Crippen LogP) is 4.43. The number of nitrogens with zero attached hydrogens (tertiary/aromatic N) is 3. The molecule has 0 saturated heterocycles. The molecule has 0 fully saturated rings. The number of benzene rings is 2. The lowest BCUT2D eigenvalue weighted by Gasteiger charge is -2.31. The number of rotatable bonds is 5. The molecule has 1 aliphatic heterocycles. The van der Waals surface area contributed by atoms with E-state index in [2.05, 4.69) is 10.3 Å². The summed E-state index contributed by atoms with van der Waals surface area (Å²) >= 11 is 0. The Hall–Kier alpha value is -4.13. The minimum atomic E-state index is -0.455. The van der Waals surface area contributed by atoms with Crippen molar-refractivity contribution >= 4 is 28.6 Å². The van der Waals surface area contributed by atoms with E-state index in [1.54, 1.807) is 26.4 Å². The summed E-state index contributed by atoms with van der Waals surface area (Å²) in [5.41, 5.74) is 4.61. The molecule has 0 aliphatic carbocycles. The third-order valence-electron chi connectivity index (χ3n) is 5.51. The quantitative estimate of drug-likeness (QED) is 0.476. The van der Waals surface area contributed by atoms with Gasteiger partial charge in [-0.2, -0.15) is 0 Å². The minimum absolute atomic E-state index is 0.273. The summed E-state index contributed by atoms with van der Waals surface area (Å²) < 4.78 is 12.9. The van der Waals surface area contributed by atoms with Gasteiger partial charge in [-0.05, 0) is 60.5 Å². The first-order chi connectivity index (χ1) is 15.7. The van der Waals surface area contributed by atoms with Crippen molar-refractivity contribution in [3.05, 3.63) is 89.8 Å². The molecule has 4 aromatic rings. The topological polar surface area (TPSA) is 78.3 Å². The molecule has 7 heteroatoms. The summed E-state index contributed by atoms with van der Waals surface area (Å²) in [4.78, 5) is 22.5. The largest absolute Gasteiger partial charge is 0.497 e. The van der Waals surface area contributed by atoms with E-state index in [-0.39, 0.29) is 12.6 Å². The predicted molar refractivity (Wildman–Crippen MR) is 122 cm³/mol. The maximum Gasteiger partial charge on any atom is 0.338 e. The highest BCUT2D eigenvalue weighted by atomic mass is 16.5. The highest BCUT2D eigenvalue weighted by Gasteiger charge is 2.36. The molecule has 1 aliphatic rings. The Labute approximate surface area is 185 Å². The zero-order valence-corrected chi connectivity index (χ0v) is 17.8. The molecule has 5 rings (SSSR count). The summed E-state index contributed by atoms with van der Waals surface area (Å²) in [5, 5.41) is 3.40. The Morgan fingerprint density at radius 2 is 1.91 bits per heavy atom. The first kappa shape index (κ1) is 19.8. The summed E-state index contributed by atoms with van der Waals surface area (Å²) in [6, 6.07) is 18.8. The second-order valence-corrected chi connectivity index (χ2v) is 7.35. The van der Waals surface area contributed by atoms with Crippen LogP contribution in [0.2, 0.25) is 0 Å². The molecule has 32 heavy (non-hydrogen) atoms. The molecule has 3 heterocycles. The fraction of sp³-hybridized carbons (Fsp3) is 0.160. The van der Waals surface area contributed by atoms with E-state index in [1.807, 2.05) is 65.2 Å². The first-order valence-electron chi connectivity index (χ1n) is 10.4. The average molecular weight is 426 g/mol. The molecule has 0 radical (unpaired) electrons. The number of para-hydroxylation sites is 2. The number of ether oxygens (including phenoxy) is 2. The Kier molecular flexibility index (Phi) is 5.07. The smallest absolute Gasteiger partial charge is 0.338 e. The van der Waals surface area contributed by atoms with Crippen LogP contribution in [0, 0.1) is 0 Å². The van der Waals surface area contributed by atoms with Crippen molar-refractivity contribution in [1.82, 2.24) is 14.5 Å². The van der Waals surface area contributed by atoms with Crippen LogP contribution in [0.5, 0.6) is 5.75 Å². The lowest BCUT2D eigenvalue weighted by Crippen LogP contribution is -2.29. The van der Waals surface area contributed by atoms with Gasteiger partial charge in [0.05, 0.1) is 42.1 Å². The molecule has 1 unspecified atom stereocenters. The number of anilines is 1. The van der Waals surface area contributed by atoms with Gasteiger partial charge in [-0.3, -0.25) is 9.55 Å². The van der Waals surface area contributed by atoms with Gasteiger partial charge in [-0.1, -0.05) is 18.2 Å². The highest BCUT2D eigenvalue weighted by molar-refractivity contribution is 6.03. The molecule has 160 valence electrons. The second kappa shape index (κ2) is 8.19. The van der Waals surface area contributed by atoms with Gasteiger partial charge in [-0.15, -0.1) is 0 Å². The molecule has 0 bridgehead atoms. The fourth-order valence-corrected chi connectivity index (χ4v) is 4.10. The molecule has 1 N–H and O–H groups in total. The van der Waals surface area contributed by atoms with Crippen molar-refractivity contribution in [3.8, 4) is 5.75 Å². The molecule has 0 amide bonds. The number of aromatic nitrogens is 3. The van der Waals surface area contributed by atoms with E-state index in [9.17, 15) is 4.79 Å². The van der Waals surface area contributed by atoms with Crippen LogP contribution >= 0.6 is 0 Å². The van der Waals surface area contributed by atoms with Gasteiger partial charge in [0.25, 0.3) is 0 Å². The number of imidazole rings is 1. The number of nitrogens with one attached hydrogen (secondary N) is 1. The van der Waals surface area contributed by atoms with Gasteiger partial charge in [0, 0.05) is 12.4 Å². The Bertz CT molecular complexity index is 1310. The number of esters is 1. The molecule has 0 saturated carbocycles. The Morgan fingerprint density at radius 3 is 2.62 bits per heavy atom. The summed E-state index contributed by atoms with van der Waals surface area (Å²) in [6.07, 6.45) is 3.50. The summed E-state index contributed by atoms with van der Waals surface area (Å²) in [5.74, 6) is 1.00. The van der Waals surface area contributed by atoms with Gasteiger partial charge in [0.1, 0.15) is 5.75 Å². The van der Waals surface area contributed by atoms with Crippen molar-refractivity contribution in [1.29, 1.82) is 0 Å². The van der Waals surface area contributed by atoms with E-state index in [1.165, 1.54) is 0 Å². The van der Waals surface area contributed by atoms with E-state index < -0.39 is 6.04 Å². The number of fused-ring (bicyclic) bond motifs is 3. The molecule has 7 nitrogen and oxygen atoms in total.